The van der Waals surface area contributed by atoms with Crippen LogP contribution in [-0.2, 0) is 18.4 Å². The highest BCUT2D eigenvalue weighted by Gasteiger charge is 2.31. The zero-order valence-electron chi connectivity index (χ0n) is 17.6. The SMILES string of the molecule is CCn1c(SC(C)C(=O)Nc2c(C)n(C)n(-c3ccccc3)c2=O)nnc1C1CC1. The van der Waals surface area contributed by atoms with Crippen LogP contribution in [0.2, 0.25) is 0 Å². The first-order chi connectivity index (χ1) is 14.4. The van der Waals surface area contributed by atoms with E-state index in [1.165, 1.54) is 11.8 Å². The Morgan fingerprint density at radius 2 is 1.97 bits per heavy atom. The van der Waals surface area contributed by atoms with Crippen molar-refractivity contribution >= 4 is 23.4 Å². The molecule has 30 heavy (non-hydrogen) atoms. The lowest BCUT2D eigenvalue weighted by Gasteiger charge is -2.12. The number of hydrogen-bond donors (Lipinski definition) is 1. The number of nitrogens with one attached hydrogen (secondary N) is 1. The smallest absolute Gasteiger partial charge is 0.295 e. The summed E-state index contributed by atoms with van der Waals surface area (Å²) in [7, 11) is 1.81. The third-order valence-corrected chi connectivity index (χ3v) is 6.54. The van der Waals surface area contributed by atoms with Gasteiger partial charge in [-0.2, -0.15) is 0 Å². The lowest BCUT2D eigenvalue weighted by Crippen LogP contribution is -2.27. The summed E-state index contributed by atoms with van der Waals surface area (Å²) in [5, 5.41) is 11.8. The fraction of sp³-hybridized carbons (Fsp3) is 0.429. The molecule has 1 aromatic carbocycles. The van der Waals surface area contributed by atoms with Gasteiger partial charge in [0.25, 0.3) is 5.56 Å². The molecule has 0 spiro atoms. The third-order valence-electron chi connectivity index (χ3n) is 5.46. The summed E-state index contributed by atoms with van der Waals surface area (Å²) < 4.78 is 5.39. The van der Waals surface area contributed by atoms with Gasteiger partial charge in [0.2, 0.25) is 5.91 Å². The van der Waals surface area contributed by atoms with Crippen LogP contribution < -0.4 is 10.9 Å². The lowest BCUT2D eigenvalue weighted by atomic mass is 10.3. The number of benzene rings is 1. The Labute approximate surface area is 179 Å². The number of rotatable bonds is 7. The number of aromatic nitrogens is 5. The van der Waals surface area contributed by atoms with Gasteiger partial charge < -0.3 is 9.88 Å². The van der Waals surface area contributed by atoms with Gasteiger partial charge in [0.1, 0.15) is 11.5 Å². The van der Waals surface area contributed by atoms with Crippen LogP contribution in [0.4, 0.5) is 5.69 Å². The molecule has 2 aromatic heterocycles. The topological polar surface area (TPSA) is 86.7 Å². The molecule has 8 nitrogen and oxygen atoms in total. The van der Waals surface area contributed by atoms with E-state index >= 15 is 0 Å². The van der Waals surface area contributed by atoms with Crippen LogP contribution in [0.1, 0.15) is 44.1 Å². The van der Waals surface area contributed by atoms with Gasteiger partial charge in [-0.1, -0.05) is 30.0 Å². The first-order valence-electron chi connectivity index (χ1n) is 10.2. The van der Waals surface area contributed by atoms with Gasteiger partial charge in [0, 0.05) is 19.5 Å². The van der Waals surface area contributed by atoms with Gasteiger partial charge in [0.15, 0.2) is 5.16 Å². The third kappa shape index (κ3) is 3.69. The Hall–Kier alpha value is -2.81. The standard InChI is InChI=1S/C21H26N6O2S/c1-5-26-18(15-11-12-15)23-24-21(26)30-14(3)19(28)22-17-13(2)25(4)27(20(17)29)16-9-7-6-8-10-16/h6-10,14-15H,5,11-12H2,1-4H3,(H,22,28). The van der Waals surface area contributed by atoms with Crippen molar-refractivity contribution in [3.63, 3.8) is 0 Å². The maximum absolute atomic E-state index is 13.0. The molecular formula is C21H26N6O2S. The summed E-state index contributed by atoms with van der Waals surface area (Å²) in [5.74, 6) is 1.28. The number of anilines is 1. The molecule has 1 atom stereocenters. The van der Waals surface area contributed by atoms with Crippen molar-refractivity contribution in [2.24, 2.45) is 7.05 Å². The molecule has 1 N–H and O–H groups in total. The number of hydrogen-bond acceptors (Lipinski definition) is 5. The van der Waals surface area contributed by atoms with E-state index in [2.05, 4.69) is 27.0 Å². The van der Waals surface area contributed by atoms with Crippen molar-refractivity contribution in [2.45, 2.75) is 56.5 Å². The summed E-state index contributed by atoms with van der Waals surface area (Å²) in [4.78, 5) is 25.9. The zero-order chi connectivity index (χ0) is 21.4. The maximum Gasteiger partial charge on any atom is 0.295 e. The fourth-order valence-electron chi connectivity index (χ4n) is 3.48. The second-order valence-electron chi connectivity index (χ2n) is 7.55. The van der Waals surface area contributed by atoms with E-state index < -0.39 is 5.25 Å². The van der Waals surface area contributed by atoms with E-state index in [1.54, 1.807) is 16.4 Å². The molecule has 3 aromatic rings. The summed E-state index contributed by atoms with van der Waals surface area (Å²) >= 11 is 1.37. The molecule has 9 heteroatoms. The summed E-state index contributed by atoms with van der Waals surface area (Å²) in [6.45, 7) is 6.47. The Morgan fingerprint density at radius 3 is 2.60 bits per heavy atom. The Morgan fingerprint density at radius 1 is 1.27 bits per heavy atom. The Balaban J connectivity index is 1.54. The zero-order valence-corrected chi connectivity index (χ0v) is 18.4. The number of carbonyl (C=O) groups is 1. The first-order valence-corrected chi connectivity index (χ1v) is 11.0. The molecule has 158 valence electrons. The molecule has 0 saturated heterocycles. The van der Waals surface area contributed by atoms with Crippen LogP contribution in [-0.4, -0.2) is 35.3 Å². The second kappa shape index (κ2) is 8.14. The highest BCUT2D eigenvalue weighted by atomic mass is 32.2. The van der Waals surface area contributed by atoms with Gasteiger partial charge in [-0.05, 0) is 45.7 Å². The molecule has 4 rings (SSSR count). The highest BCUT2D eigenvalue weighted by Crippen LogP contribution is 2.40. The lowest BCUT2D eigenvalue weighted by molar-refractivity contribution is -0.115. The minimum absolute atomic E-state index is 0.232. The molecule has 0 aliphatic heterocycles. The van der Waals surface area contributed by atoms with Crippen LogP contribution in [0.3, 0.4) is 0 Å². The van der Waals surface area contributed by atoms with Crippen molar-refractivity contribution in [2.75, 3.05) is 5.32 Å². The van der Waals surface area contributed by atoms with Crippen molar-refractivity contribution in [3.8, 4) is 5.69 Å². The number of para-hydroxylation sites is 1. The van der Waals surface area contributed by atoms with Crippen LogP contribution >= 0.6 is 11.8 Å². The van der Waals surface area contributed by atoms with Crippen molar-refractivity contribution in [1.82, 2.24) is 24.1 Å². The largest absolute Gasteiger partial charge is 0.319 e. The Kier molecular flexibility index (Phi) is 5.55. The number of thioether (sulfide) groups is 1. The normalized spacial score (nSPS) is 14.7. The molecule has 1 saturated carbocycles. The number of amides is 1. The van der Waals surface area contributed by atoms with Gasteiger partial charge >= 0.3 is 0 Å². The van der Waals surface area contributed by atoms with E-state index in [4.69, 9.17) is 0 Å². The van der Waals surface area contributed by atoms with Crippen LogP contribution in [0.15, 0.2) is 40.3 Å². The predicted molar refractivity (Wildman–Crippen MR) is 117 cm³/mol. The molecule has 2 heterocycles. The second-order valence-corrected chi connectivity index (χ2v) is 8.85. The quantitative estimate of drug-likeness (QED) is 0.587. The monoisotopic (exact) mass is 426 g/mol. The predicted octanol–water partition coefficient (Wildman–Crippen LogP) is 3.09. The number of nitrogens with zero attached hydrogens (tertiary/aromatic N) is 5. The molecule has 1 aliphatic carbocycles. The molecule has 1 fully saturated rings. The minimum atomic E-state index is -0.421. The van der Waals surface area contributed by atoms with Crippen LogP contribution in [0.5, 0.6) is 0 Å². The average Bonchev–Trinajstić information content (AvgIpc) is 3.48. The molecule has 1 unspecified atom stereocenters. The van der Waals surface area contributed by atoms with E-state index in [9.17, 15) is 9.59 Å². The maximum atomic E-state index is 13.0. The van der Waals surface area contributed by atoms with E-state index in [0.717, 1.165) is 36.1 Å². The molecule has 1 amide bonds. The molecule has 0 radical (unpaired) electrons. The van der Waals surface area contributed by atoms with Crippen LogP contribution in [0, 0.1) is 6.92 Å². The first kappa shape index (κ1) is 20.5. The van der Waals surface area contributed by atoms with E-state index in [1.807, 2.05) is 44.2 Å². The molecule has 0 bridgehead atoms. The van der Waals surface area contributed by atoms with Gasteiger partial charge in [0.05, 0.1) is 16.6 Å². The van der Waals surface area contributed by atoms with Crippen molar-refractivity contribution < 1.29 is 4.79 Å². The fourth-order valence-corrected chi connectivity index (χ4v) is 4.40. The number of carbonyl (C=O) groups excluding carboxylic acids is 1. The summed E-state index contributed by atoms with van der Waals surface area (Å²) in [6, 6.07) is 9.37. The van der Waals surface area contributed by atoms with Gasteiger partial charge in [-0.15, -0.1) is 10.2 Å². The molecular weight excluding hydrogens is 400 g/mol. The summed E-state index contributed by atoms with van der Waals surface area (Å²) in [6.07, 6.45) is 2.31. The van der Waals surface area contributed by atoms with Gasteiger partial charge in [-0.25, -0.2) is 4.68 Å². The van der Waals surface area contributed by atoms with E-state index in [-0.39, 0.29) is 11.5 Å². The minimum Gasteiger partial charge on any atom is -0.319 e. The van der Waals surface area contributed by atoms with Crippen molar-refractivity contribution in [1.29, 1.82) is 0 Å². The Bertz CT molecular complexity index is 1130. The summed E-state index contributed by atoms with van der Waals surface area (Å²) in [5.41, 5.74) is 1.50. The highest BCUT2D eigenvalue weighted by molar-refractivity contribution is 8.00. The van der Waals surface area contributed by atoms with Gasteiger partial charge in [-0.3, -0.25) is 14.3 Å². The molecule has 1 aliphatic rings. The average molecular weight is 427 g/mol. The van der Waals surface area contributed by atoms with Crippen molar-refractivity contribution in [3.05, 3.63) is 52.2 Å². The van der Waals surface area contributed by atoms with E-state index in [0.29, 0.717) is 17.3 Å². The van der Waals surface area contributed by atoms with Crippen LogP contribution in [0.25, 0.3) is 5.69 Å².